The third-order valence-electron chi connectivity index (χ3n) is 4.27. The predicted octanol–water partition coefficient (Wildman–Crippen LogP) is 2.86. The first kappa shape index (κ1) is 17.5. The second-order valence-electron chi connectivity index (χ2n) is 5.40. The minimum absolute atomic E-state index is 0.0522. The second-order valence-corrected chi connectivity index (χ2v) is 5.40. The minimum Gasteiger partial charge on any atom is -0.396 e. The lowest BCUT2D eigenvalue weighted by Crippen LogP contribution is -2.39. The molecule has 0 aromatic carbocycles. The quantitative estimate of drug-likeness (QED) is 0.688. The Morgan fingerprint density at radius 3 is 2.52 bits per heavy atom. The lowest BCUT2D eigenvalue weighted by Gasteiger charge is -2.31. The smallest absolute Gasteiger partial charge is 0.319 e. The van der Waals surface area contributed by atoms with Crippen LogP contribution in [-0.4, -0.2) is 29.4 Å². The van der Waals surface area contributed by atoms with Gasteiger partial charge in [-0.1, -0.05) is 25.9 Å². The molecule has 0 aliphatic carbocycles. The first-order chi connectivity index (χ1) is 10.0. The topological polar surface area (TPSA) is 87.4 Å². The van der Waals surface area contributed by atoms with Crippen molar-refractivity contribution in [2.24, 2.45) is 5.41 Å². The molecule has 0 radical (unpaired) electrons. The maximum absolute atomic E-state index is 12.1. The molecular formula is C15H27N3O3. The maximum atomic E-state index is 12.1. The molecular weight excluding hydrogens is 270 g/mol. The van der Waals surface area contributed by atoms with E-state index in [1.54, 1.807) is 6.92 Å². The van der Waals surface area contributed by atoms with Gasteiger partial charge in [-0.2, -0.15) is 0 Å². The summed E-state index contributed by atoms with van der Waals surface area (Å²) >= 11 is 0. The molecule has 0 spiro atoms. The van der Waals surface area contributed by atoms with Gasteiger partial charge in [-0.05, 0) is 38.0 Å². The molecule has 0 bridgehead atoms. The first-order valence-corrected chi connectivity index (χ1v) is 7.62. The predicted molar refractivity (Wildman–Crippen MR) is 82.4 cm³/mol. The van der Waals surface area contributed by atoms with Gasteiger partial charge in [0.05, 0.1) is 0 Å². The Morgan fingerprint density at radius 2 is 2.00 bits per heavy atom. The van der Waals surface area contributed by atoms with Crippen LogP contribution in [0.3, 0.4) is 0 Å². The Hall–Kier alpha value is -1.56. The number of aliphatic hydroxyl groups is 1. The summed E-state index contributed by atoms with van der Waals surface area (Å²) < 4.78 is 5.09. The number of carbonyl (C=O) groups excluding carboxylic acids is 1. The molecule has 1 heterocycles. The zero-order chi connectivity index (χ0) is 15.9. The maximum Gasteiger partial charge on any atom is 0.319 e. The van der Waals surface area contributed by atoms with Gasteiger partial charge in [0, 0.05) is 13.2 Å². The number of amides is 2. The third kappa shape index (κ3) is 4.46. The number of aliphatic hydroxyl groups excluding tert-OH is 1. The molecule has 0 unspecified atom stereocenters. The van der Waals surface area contributed by atoms with E-state index in [-0.39, 0.29) is 18.1 Å². The third-order valence-corrected chi connectivity index (χ3v) is 4.27. The summed E-state index contributed by atoms with van der Waals surface area (Å²) in [5, 5.41) is 18.8. The molecule has 1 aromatic rings. The van der Waals surface area contributed by atoms with Crippen LogP contribution in [-0.2, 0) is 6.42 Å². The number of urea groups is 1. The molecule has 0 aliphatic heterocycles. The Morgan fingerprint density at radius 1 is 1.33 bits per heavy atom. The number of hydrogen-bond donors (Lipinski definition) is 3. The van der Waals surface area contributed by atoms with E-state index >= 15 is 0 Å². The van der Waals surface area contributed by atoms with Crippen LogP contribution < -0.4 is 10.6 Å². The van der Waals surface area contributed by atoms with Gasteiger partial charge in [0.2, 0.25) is 0 Å². The van der Waals surface area contributed by atoms with E-state index in [0.29, 0.717) is 30.8 Å². The van der Waals surface area contributed by atoms with E-state index in [2.05, 4.69) is 29.6 Å². The van der Waals surface area contributed by atoms with Crippen molar-refractivity contribution in [2.75, 3.05) is 18.5 Å². The summed E-state index contributed by atoms with van der Waals surface area (Å²) in [6.45, 7) is 8.57. The van der Waals surface area contributed by atoms with Gasteiger partial charge < -0.3 is 20.3 Å². The molecule has 0 fully saturated rings. The molecule has 3 N–H and O–H groups in total. The Labute approximate surface area is 126 Å². The number of hydrogen-bond acceptors (Lipinski definition) is 4. The van der Waals surface area contributed by atoms with E-state index < -0.39 is 0 Å². The molecule has 1 aromatic heterocycles. The van der Waals surface area contributed by atoms with Gasteiger partial charge in [-0.3, -0.25) is 0 Å². The number of aryl methyl sites for hydroxylation is 2. The number of nitrogens with one attached hydrogen (secondary N) is 2. The number of aromatic nitrogens is 1. The first-order valence-electron chi connectivity index (χ1n) is 7.62. The van der Waals surface area contributed by atoms with Crippen molar-refractivity contribution in [2.45, 2.75) is 53.4 Å². The molecule has 6 nitrogen and oxygen atoms in total. The SMILES string of the molecule is CCc1noc(C)c1NC(=O)NCC(CC)(CC)CCO. The van der Waals surface area contributed by atoms with Gasteiger partial charge in [-0.25, -0.2) is 4.79 Å². The van der Waals surface area contributed by atoms with Crippen LogP contribution in [0.1, 0.15) is 51.5 Å². The van der Waals surface area contributed by atoms with Crippen molar-refractivity contribution in [3.05, 3.63) is 11.5 Å². The van der Waals surface area contributed by atoms with Crippen molar-refractivity contribution >= 4 is 11.7 Å². The van der Waals surface area contributed by atoms with Gasteiger partial charge in [0.1, 0.15) is 11.4 Å². The monoisotopic (exact) mass is 297 g/mol. The van der Waals surface area contributed by atoms with Crippen LogP contribution in [0.15, 0.2) is 4.52 Å². The largest absolute Gasteiger partial charge is 0.396 e. The number of rotatable bonds is 8. The molecule has 0 saturated carbocycles. The fourth-order valence-corrected chi connectivity index (χ4v) is 2.42. The van der Waals surface area contributed by atoms with E-state index in [1.165, 1.54) is 0 Å². The summed E-state index contributed by atoms with van der Waals surface area (Å²) in [4.78, 5) is 12.1. The molecule has 120 valence electrons. The van der Waals surface area contributed by atoms with Gasteiger partial charge >= 0.3 is 6.03 Å². The Kier molecular flexibility index (Phi) is 6.68. The molecule has 0 aliphatic rings. The van der Waals surface area contributed by atoms with Crippen LogP contribution >= 0.6 is 0 Å². The van der Waals surface area contributed by atoms with Crippen molar-refractivity contribution in [1.82, 2.24) is 10.5 Å². The molecule has 0 saturated heterocycles. The summed E-state index contributed by atoms with van der Waals surface area (Å²) in [6.07, 6.45) is 3.21. The second kappa shape index (κ2) is 8.02. The zero-order valence-corrected chi connectivity index (χ0v) is 13.5. The van der Waals surface area contributed by atoms with Crippen molar-refractivity contribution in [3.63, 3.8) is 0 Å². The fourth-order valence-electron chi connectivity index (χ4n) is 2.42. The van der Waals surface area contributed by atoms with E-state index in [9.17, 15) is 9.90 Å². The highest BCUT2D eigenvalue weighted by Crippen LogP contribution is 2.29. The van der Waals surface area contributed by atoms with Gasteiger partial charge in [-0.15, -0.1) is 0 Å². The summed E-state index contributed by atoms with van der Waals surface area (Å²) in [5.41, 5.74) is 1.34. The fraction of sp³-hybridized carbons (Fsp3) is 0.733. The number of carbonyl (C=O) groups is 1. The minimum atomic E-state index is -0.264. The molecule has 6 heteroatoms. The van der Waals surface area contributed by atoms with Crippen LogP contribution in [0.4, 0.5) is 10.5 Å². The summed E-state index contributed by atoms with van der Waals surface area (Å²) in [5.74, 6) is 0.606. The van der Waals surface area contributed by atoms with Crippen LogP contribution in [0, 0.1) is 12.3 Å². The summed E-state index contributed by atoms with van der Waals surface area (Å²) in [6, 6.07) is -0.264. The molecule has 2 amide bonds. The Bertz CT molecular complexity index is 453. The van der Waals surface area contributed by atoms with Gasteiger partial charge in [0.15, 0.2) is 5.76 Å². The zero-order valence-electron chi connectivity index (χ0n) is 13.5. The van der Waals surface area contributed by atoms with E-state index in [0.717, 1.165) is 18.5 Å². The van der Waals surface area contributed by atoms with Crippen LogP contribution in [0.2, 0.25) is 0 Å². The highest BCUT2D eigenvalue weighted by Gasteiger charge is 2.26. The number of nitrogens with zero attached hydrogens (tertiary/aromatic N) is 1. The average molecular weight is 297 g/mol. The highest BCUT2D eigenvalue weighted by atomic mass is 16.5. The van der Waals surface area contributed by atoms with E-state index in [1.807, 2.05) is 6.92 Å². The molecule has 21 heavy (non-hydrogen) atoms. The number of anilines is 1. The van der Waals surface area contributed by atoms with Crippen LogP contribution in [0.25, 0.3) is 0 Å². The lowest BCUT2D eigenvalue weighted by atomic mass is 9.79. The standard InChI is InChI=1S/C15H27N3O3/c1-5-12-13(11(4)21-18-12)17-14(20)16-10-15(6-2,7-3)8-9-19/h19H,5-10H2,1-4H3,(H2,16,17,20). The average Bonchev–Trinajstić information content (AvgIpc) is 2.84. The molecule has 1 rings (SSSR count). The van der Waals surface area contributed by atoms with Crippen molar-refractivity contribution < 1.29 is 14.4 Å². The summed E-state index contributed by atoms with van der Waals surface area (Å²) in [7, 11) is 0. The van der Waals surface area contributed by atoms with Gasteiger partial charge in [0.25, 0.3) is 0 Å². The van der Waals surface area contributed by atoms with Crippen molar-refractivity contribution in [3.8, 4) is 0 Å². The lowest BCUT2D eigenvalue weighted by molar-refractivity contribution is 0.165. The normalized spacial score (nSPS) is 11.5. The van der Waals surface area contributed by atoms with E-state index in [4.69, 9.17) is 4.52 Å². The molecule has 0 atom stereocenters. The highest BCUT2D eigenvalue weighted by molar-refractivity contribution is 5.90. The Balaban J connectivity index is 2.63. The van der Waals surface area contributed by atoms with Crippen LogP contribution in [0.5, 0.6) is 0 Å². The van der Waals surface area contributed by atoms with Crippen molar-refractivity contribution in [1.29, 1.82) is 0 Å².